The smallest absolute Gasteiger partial charge is 0.0810 e. The van der Waals surface area contributed by atoms with Gasteiger partial charge in [0.1, 0.15) is 0 Å². The van der Waals surface area contributed by atoms with Crippen molar-refractivity contribution in [2.24, 2.45) is 18.8 Å². The summed E-state index contributed by atoms with van der Waals surface area (Å²) in [6.45, 7) is 0.843. The second-order valence-electron chi connectivity index (χ2n) is 5.65. The lowest BCUT2D eigenvalue weighted by atomic mass is 9.80. The lowest BCUT2D eigenvalue weighted by Gasteiger charge is -2.40. The summed E-state index contributed by atoms with van der Waals surface area (Å²) in [7, 11) is 1.94. The Kier molecular flexibility index (Phi) is 3.84. The fourth-order valence-electron chi connectivity index (χ4n) is 3.28. The topological polar surface area (TPSA) is 65.1 Å². The first kappa shape index (κ1) is 13.4. The Balaban J connectivity index is 1.76. The number of hydrazine groups is 1. The molecule has 0 aromatic carbocycles. The van der Waals surface area contributed by atoms with E-state index < -0.39 is 0 Å². The summed E-state index contributed by atoms with van der Waals surface area (Å²) in [5.41, 5.74) is 4.10. The number of nitrogens with zero attached hydrogens (tertiary/aromatic N) is 2. The number of aromatic nitrogens is 2. The molecular weight excluding hydrogens is 260 g/mol. The van der Waals surface area contributed by atoms with Gasteiger partial charge >= 0.3 is 0 Å². The van der Waals surface area contributed by atoms with Crippen LogP contribution in [0.5, 0.6) is 0 Å². The van der Waals surface area contributed by atoms with Crippen LogP contribution in [0.3, 0.4) is 0 Å². The molecule has 0 bridgehead atoms. The van der Waals surface area contributed by atoms with E-state index in [0.29, 0.717) is 5.92 Å². The van der Waals surface area contributed by atoms with Crippen LogP contribution in [-0.2, 0) is 11.8 Å². The summed E-state index contributed by atoms with van der Waals surface area (Å²) < 4.78 is 7.91. The van der Waals surface area contributed by atoms with Crippen LogP contribution in [0.15, 0.2) is 12.3 Å². The SMILES string of the molecule is Cn1ccc(C(NN)C2CCOC3(CCSC3)C2)n1. The van der Waals surface area contributed by atoms with Crippen LogP contribution in [-0.4, -0.2) is 33.5 Å². The zero-order valence-corrected chi connectivity index (χ0v) is 12.2. The maximum Gasteiger partial charge on any atom is 0.0810 e. The Hall–Kier alpha value is -0.560. The van der Waals surface area contributed by atoms with Gasteiger partial charge in [-0.3, -0.25) is 16.0 Å². The van der Waals surface area contributed by atoms with Crippen molar-refractivity contribution in [3.8, 4) is 0 Å². The number of aryl methyl sites for hydroxylation is 1. The Morgan fingerprint density at radius 2 is 2.58 bits per heavy atom. The van der Waals surface area contributed by atoms with Gasteiger partial charge in [-0.2, -0.15) is 16.9 Å². The minimum absolute atomic E-state index is 0.0947. The molecule has 1 aromatic rings. The number of hydrogen-bond acceptors (Lipinski definition) is 5. The van der Waals surface area contributed by atoms with Crippen LogP contribution in [0.25, 0.3) is 0 Å². The first-order valence-electron chi connectivity index (χ1n) is 6.90. The van der Waals surface area contributed by atoms with E-state index >= 15 is 0 Å². The summed E-state index contributed by atoms with van der Waals surface area (Å²) in [6.07, 6.45) is 5.29. The summed E-state index contributed by atoms with van der Waals surface area (Å²) >= 11 is 2.00. The maximum absolute atomic E-state index is 6.08. The van der Waals surface area contributed by atoms with E-state index in [9.17, 15) is 0 Å². The molecule has 3 atom stereocenters. The van der Waals surface area contributed by atoms with Gasteiger partial charge in [0.05, 0.1) is 17.3 Å². The van der Waals surface area contributed by atoms with Crippen LogP contribution in [0.2, 0.25) is 0 Å². The van der Waals surface area contributed by atoms with Gasteiger partial charge in [0, 0.05) is 25.6 Å². The number of rotatable bonds is 3. The van der Waals surface area contributed by atoms with Gasteiger partial charge < -0.3 is 4.74 Å². The number of nitrogens with two attached hydrogens (primary N) is 1. The molecule has 3 N–H and O–H groups in total. The average molecular weight is 282 g/mol. The lowest BCUT2D eigenvalue weighted by molar-refractivity contribution is -0.0856. The molecule has 2 fully saturated rings. The van der Waals surface area contributed by atoms with E-state index in [1.54, 1.807) is 0 Å². The fraction of sp³-hybridized carbons (Fsp3) is 0.769. The van der Waals surface area contributed by atoms with Crippen molar-refractivity contribution >= 4 is 11.8 Å². The third-order valence-electron chi connectivity index (χ3n) is 4.30. The first-order valence-corrected chi connectivity index (χ1v) is 8.05. The van der Waals surface area contributed by atoms with E-state index in [-0.39, 0.29) is 11.6 Å². The molecule has 5 nitrogen and oxygen atoms in total. The van der Waals surface area contributed by atoms with Crippen molar-refractivity contribution in [1.29, 1.82) is 0 Å². The van der Waals surface area contributed by atoms with Crippen molar-refractivity contribution in [1.82, 2.24) is 15.2 Å². The quantitative estimate of drug-likeness (QED) is 0.645. The van der Waals surface area contributed by atoms with E-state index in [1.165, 1.54) is 12.2 Å². The van der Waals surface area contributed by atoms with Gasteiger partial charge in [-0.05, 0) is 37.0 Å². The number of hydrogen-bond donors (Lipinski definition) is 2. The predicted octanol–water partition coefficient (Wildman–Crippen LogP) is 1.23. The highest BCUT2D eigenvalue weighted by atomic mass is 32.2. The number of thioether (sulfide) groups is 1. The molecule has 2 saturated heterocycles. The molecule has 2 aliphatic heterocycles. The van der Waals surface area contributed by atoms with E-state index in [0.717, 1.165) is 30.9 Å². The van der Waals surface area contributed by atoms with Crippen molar-refractivity contribution in [3.63, 3.8) is 0 Å². The Morgan fingerprint density at radius 1 is 1.68 bits per heavy atom. The van der Waals surface area contributed by atoms with Gasteiger partial charge in [-0.1, -0.05) is 0 Å². The number of ether oxygens (including phenoxy) is 1. The van der Waals surface area contributed by atoms with Crippen LogP contribution in [0.4, 0.5) is 0 Å². The summed E-state index contributed by atoms with van der Waals surface area (Å²) in [6, 6.07) is 2.18. The molecule has 106 valence electrons. The summed E-state index contributed by atoms with van der Waals surface area (Å²) in [5.74, 6) is 8.64. The van der Waals surface area contributed by atoms with Crippen LogP contribution < -0.4 is 11.3 Å². The minimum Gasteiger partial charge on any atom is -0.374 e. The molecule has 0 radical (unpaired) electrons. The van der Waals surface area contributed by atoms with Crippen LogP contribution >= 0.6 is 11.8 Å². The molecule has 0 saturated carbocycles. The standard InChI is InChI=1S/C13H22N4OS/c1-17-5-2-11(16-17)12(15-14)10-3-6-18-13(8-10)4-7-19-9-13/h2,5,10,12,15H,3-4,6-9,14H2,1H3. The van der Waals surface area contributed by atoms with Gasteiger partial charge in [0.25, 0.3) is 0 Å². The third-order valence-corrected chi connectivity index (χ3v) is 5.53. The molecule has 0 amide bonds. The monoisotopic (exact) mass is 282 g/mol. The average Bonchev–Trinajstić information content (AvgIpc) is 3.01. The molecule has 2 aliphatic rings. The molecule has 1 aromatic heterocycles. The number of nitrogens with one attached hydrogen (secondary N) is 1. The highest BCUT2D eigenvalue weighted by Gasteiger charge is 2.42. The second kappa shape index (κ2) is 5.44. The predicted molar refractivity (Wildman–Crippen MR) is 76.6 cm³/mol. The Labute approximate surface area is 118 Å². The van der Waals surface area contributed by atoms with Crippen molar-refractivity contribution in [3.05, 3.63) is 18.0 Å². The van der Waals surface area contributed by atoms with Crippen LogP contribution in [0.1, 0.15) is 31.0 Å². The normalized spacial score (nSPS) is 32.8. The largest absolute Gasteiger partial charge is 0.374 e. The molecule has 0 aliphatic carbocycles. The molecule has 6 heteroatoms. The van der Waals surface area contributed by atoms with E-state index in [1.807, 2.05) is 29.7 Å². The maximum atomic E-state index is 6.08. The van der Waals surface area contributed by atoms with Gasteiger partial charge in [0.15, 0.2) is 0 Å². The Morgan fingerprint density at radius 3 is 3.21 bits per heavy atom. The highest BCUT2D eigenvalue weighted by molar-refractivity contribution is 7.99. The zero-order chi connectivity index (χ0) is 13.3. The summed E-state index contributed by atoms with van der Waals surface area (Å²) in [5, 5.41) is 4.50. The summed E-state index contributed by atoms with van der Waals surface area (Å²) in [4.78, 5) is 0. The van der Waals surface area contributed by atoms with Gasteiger partial charge in [0.2, 0.25) is 0 Å². The highest BCUT2D eigenvalue weighted by Crippen LogP contribution is 2.43. The van der Waals surface area contributed by atoms with E-state index in [4.69, 9.17) is 10.6 Å². The minimum atomic E-state index is 0.0947. The molecule has 3 rings (SSSR count). The zero-order valence-electron chi connectivity index (χ0n) is 11.3. The second-order valence-corrected chi connectivity index (χ2v) is 6.75. The molecule has 1 spiro atoms. The van der Waals surface area contributed by atoms with Gasteiger partial charge in [-0.15, -0.1) is 0 Å². The lowest BCUT2D eigenvalue weighted by Crippen LogP contribution is -2.45. The first-order chi connectivity index (χ1) is 9.22. The van der Waals surface area contributed by atoms with Crippen LogP contribution in [0, 0.1) is 5.92 Å². The van der Waals surface area contributed by atoms with Crippen molar-refractivity contribution < 1.29 is 4.74 Å². The molecule has 3 unspecified atom stereocenters. The van der Waals surface area contributed by atoms with Crippen molar-refractivity contribution in [2.45, 2.75) is 30.9 Å². The Bertz CT molecular complexity index is 430. The van der Waals surface area contributed by atoms with Gasteiger partial charge in [-0.25, -0.2) is 0 Å². The van der Waals surface area contributed by atoms with Crippen molar-refractivity contribution in [2.75, 3.05) is 18.1 Å². The molecule has 19 heavy (non-hydrogen) atoms. The molecule has 3 heterocycles. The fourth-order valence-corrected chi connectivity index (χ4v) is 4.65. The van der Waals surface area contributed by atoms with E-state index in [2.05, 4.69) is 16.6 Å². The molecular formula is C13H22N4OS. The third kappa shape index (κ3) is 2.67.